The Labute approximate surface area is 142 Å². The minimum absolute atomic E-state index is 0.257. The lowest BCUT2D eigenvalue weighted by atomic mass is 10.1. The lowest BCUT2D eigenvalue weighted by Crippen LogP contribution is -2.31. The van der Waals surface area contributed by atoms with E-state index in [0.29, 0.717) is 24.6 Å². The van der Waals surface area contributed by atoms with Gasteiger partial charge in [-0.15, -0.1) is 11.3 Å². The molecule has 3 rings (SSSR count). The second kappa shape index (κ2) is 7.69. The van der Waals surface area contributed by atoms with E-state index in [2.05, 4.69) is 20.6 Å². The Hall–Kier alpha value is -2.74. The number of benzene rings is 1. The number of thiazole rings is 1. The normalized spacial score (nSPS) is 10.5. The van der Waals surface area contributed by atoms with Crippen LogP contribution in [0.1, 0.15) is 10.4 Å². The number of carbonyl (C=O) groups excluding carboxylic acids is 1. The average Bonchev–Trinajstić information content (AvgIpc) is 3.20. The van der Waals surface area contributed by atoms with Gasteiger partial charge in [-0.2, -0.15) is 0 Å². The predicted octanol–water partition coefficient (Wildman–Crippen LogP) is 2.89. The molecule has 6 nitrogen and oxygen atoms in total. The SMILES string of the molecule is O=C(NCCn1ccnc1)Nc1ncc(Cc2cccc(F)c2)s1. The molecule has 2 heterocycles. The second-order valence-corrected chi connectivity index (χ2v) is 6.24. The van der Waals surface area contributed by atoms with E-state index in [-0.39, 0.29) is 11.8 Å². The third-order valence-corrected chi connectivity index (χ3v) is 4.17. The van der Waals surface area contributed by atoms with E-state index < -0.39 is 0 Å². The Balaban J connectivity index is 1.47. The molecule has 0 fully saturated rings. The summed E-state index contributed by atoms with van der Waals surface area (Å²) in [6.45, 7) is 1.14. The molecule has 2 N–H and O–H groups in total. The number of amides is 2. The maximum Gasteiger partial charge on any atom is 0.321 e. The first-order valence-corrected chi connectivity index (χ1v) is 8.20. The third-order valence-electron chi connectivity index (χ3n) is 3.26. The Kier molecular flexibility index (Phi) is 5.17. The molecule has 24 heavy (non-hydrogen) atoms. The van der Waals surface area contributed by atoms with Crippen LogP contribution in [-0.2, 0) is 13.0 Å². The number of hydrogen-bond acceptors (Lipinski definition) is 4. The fraction of sp³-hybridized carbons (Fsp3) is 0.188. The van der Waals surface area contributed by atoms with Gasteiger partial charge in [0.05, 0.1) is 6.33 Å². The largest absolute Gasteiger partial charge is 0.336 e. The van der Waals surface area contributed by atoms with Crippen LogP contribution in [0.3, 0.4) is 0 Å². The van der Waals surface area contributed by atoms with Crippen LogP contribution in [0.25, 0.3) is 0 Å². The van der Waals surface area contributed by atoms with Crippen LogP contribution in [-0.4, -0.2) is 27.1 Å². The number of carbonyl (C=O) groups is 1. The fourth-order valence-electron chi connectivity index (χ4n) is 2.15. The summed E-state index contributed by atoms with van der Waals surface area (Å²) in [6, 6.07) is 6.14. The zero-order valence-corrected chi connectivity index (χ0v) is 13.6. The van der Waals surface area contributed by atoms with Gasteiger partial charge < -0.3 is 9.88 Å². The van der Waals surface area contributed by atoms with Gasteiger partial charge in [0, 0.05) is 43.0 Å². The summed E-state index contributed by atoms with van der Waals surface area (Å²) in [4.78, 5) is 20.9. The number of nitrogens with zero attached hydrogens (tertiary/aromatic N) is 3. The first-order chi connectivity index (χ1) is 11.7. The van der Waals surface area contributed by atoms with E-state index >= 15 is 0 Å². The summed E-state index contributed by atoms with van der Waals surface area (Å²) in [5, 5.41) is 5.97. The van der Waals surface area contributed by atoms with Crippen molar-refractivity contribution >= 4 is 22.5 Å². The lowest BCUT2D eigenvalue weighted by molar-refractivity contribution is 0.251. The van der Waals surface area contributed by atoms with E-state index in [9.17, 15) is 9.18 Å². The molecule has 0 saturated heterocycles. The minimum Gasteiger partial charge on any atom is -0.336 e. The fourth-order valence-corrected chi connectivity index (χ4v) is 3.00. The molecule has 2 amide bonds. The van der Waals surface area contributed by atoms with Crippen molar-refractivity contribution in [2.45, 2.75) is 13.0 Å². The van der Waals surface area contributed by atoms with Crippen LogP contribution < -0.4 is 10.6 Å². The second-order valence-electron chi connectivity index (χ2n) is 5.12. The predicted molar refractivity (Wildman–Crippen MR) is 90.6 cm³/mol. The summed E-state index contributed by atoms with van der Waals surface area (Å²) in [5.74, 6) is -0.257. The van der Waals surface area contributed by atoms with Gasteiger partial charge in [-0.05, 0) is 17.7 Å². The van der Waals surface area contributed by atoms with E-state index in [0.717, 1.165) is 10.4 Å². The standard InChI is InChI=1S/C16H16FN5OS/c17-13-3-1-2-12(8-13)9-14-10-20-16(24-14)21-15(23)19-5-7-22-6-4-18-11-22/h1-4,6,8,10-11H,5,7,9H2,(H2,19,20,21,23). The summed E-state index contributed by atoms with van der Waals surface area (Å²) in [7, 11) is 0. The average molecular weight is 345 g/mol. The number of hydrogen-bond donors (Lipinski definition) is 2. The van der Waals surface area contributed by atoms with Crippen LogP contribution in [0.2, 0.25) is 0 Å². The number of halogens is 1. The summed E-state index contributed by atoms with van der Waals surface area (Å²) < 4.78 is 15.1. The van der Waals surface area contributed by atoms with E-state index in [4.69, 9.17) is 0 Å². The quantitative estimate of drug-likeness (QED) is 0.721. The van der Waals surface area contributed by atoms with E-state index in [1.165, 1.54) is 23.5 Å². The van der Waals surface area contributed by atoms with Gasteiger partial charge in [-0.25, -0.2) is 19.2 Å². The zero-order chi connectivity index (χ0) is 16.8. The molecule has 0 aliphatic carbocycles. The highest BCUT2D eigenvalue weighted by molar-refractivity contribution is 7.15. The smallest absolute Gasteiger partial charge is 0.321 e. The minimum atomic E-state index is -0.304. The van der Waals surface area contributed by atoms with Crippen molar-refractivity contribution in [3.05, 3.63) is 65.4 Å². The molecule has 0 saturated carbocycles. The topological polar surface area (TPSA) is 71.8 Å². The van der Waals surface area contributed by atoms with Crippen molar-refractivity contribution in [2.24, 2.45) is 0 Å². The van der Waals surface area contributed by atoms with Gasteiger partial charge in [-0.3, -0.25) is 5.32 Å². The van der Waals surface area contributed by atoms with Crippen molar-refractivity contribution in [3.63, 3.8) is 0 Å². The van der Waals surface area contributed by atoms with Crippen LogP contribution in [0, 0.1) is 5.82 Å². The van der Waals surface area contributed by atoms with Crippen molar-refractivity contribution < 1.29 is 9.18 Å². The Bertz CT molecular complexity index is 802. The summed E-state index contributed by atoms with van der Waals surface area (Å²) in [5.41, 5.74) is 0.870. The Morgan fingerprint density at radius 2 is 2.29 bits per heavy atom. The molecule has 8 heteroatoms. The molecule has 2 aromatic heterocycles. The van der Waals surface area contributed by atoms with Gasteiger partial charge in [-0.1, -0.05) is 12.1 Å². The molecule has 0 atom stereocenters. The van der Waals surface area contributed by atoms with Crippen molar-refractivity contribution in [1.82, 2.24) is 19.9 Å². The first kappa shape index (κ1) is 16.1. The van der Waals surface area contributed by atoms with Crippen LogP contribution in [0.4, 0.5) is 14.3 Å². The number of anilines is 1. The lowest BCUT2D eigenvalue weighted by Gasteiger charge is -2.05. The van der Waals surface area contributed by atoms with Gasteiger partial charge in [0.25, 0.3) is 0 Å². The first-order valence-electron chi connectivity index (χ1n) is 7.39. The Morgan fingerprint density at radius 3 is 3.08 bits per heavy atom. The highest BCUT2D eigenvalue weighted by Crippen LogP contribution is 2.21. The molecule has 0 spiro atoms. The maximum atomic E-state index is 13.2. The molecule has 0 radical (unpaired) electrons. The summed E-state index contributed by atoms with van der Waals surface area (Å²) in [6.07, 6.45) is 7.49. The molecule has 1 aromatic carbocycles. The molecule has 3 aromatic rings. The molecular formula is C16H16FN5OS. The molecule has 0 bridgehead atoms. The van der Waals surface area contributed by atoms with Gasteiger partial charge >= 0.3 is 6.03 Å². The Morgan fingerprint density at radius 1 is 1.38 bits per heavy atom. The highest BCUT2D eigenvalue weighted by Gasteiger charge is 2.07. The van der Waals surface area contributed by atoms with Gasteiger partial charge in [0.15, 0.2) is 5.13 Å². The monoisotopic (exact) mass is 345 g/mol. The molecule has 0 unspecified atom stereocenters. The molecule has 0 aliphatic heterocycles. The molecule has 0 aliphatic rings. The van der Waals surface area contributed by atoms with E-state index in [1.54, 1.807) is 24.8 Å². The zero-order valence-electron chi connectivity index (χ0n) is 12.8. The number of nitrogens with one attached hydrogen (secondary N) is 2. The van der Waals surface area contributed by atoms with E-state index in [1.807, 2.05) is 16.8 Å². The van der Waals surface area contributed by atoms with Gasteiger partial charge in [0.1, 0.15) is 5.82 Å². The number of imidazole rings is 1. The van der Waals surface area contributed by atoms with Crippen LogP contribution >= 0.6 is 11.3 Å². The van der Waals surface area contributed by atoms with Crippen molar-refractivity contribution in [2.75, 3.05) is 11.9 Å². The van der Waals surface area contributed by atoms with Gasteiger partial charge in [0.2, 0.25) is 0 Å². The number of urea groups is 1. The molecule has 124 valence electrons. The van der Waals surface area contributed by atoms with Crippen LogP contribution in [0.5, 0.6) is 0 Å². The number of rotatable bonds is 6. The highest BCUT2D eigenvalue weighted by atomic mass is 32.1. The summed E-state index contributed by atoms with van der Waals surface area (Å²) >= 11 is 1.37. The maximum absolute atomic E-state index is 13.2. The third kappa shape index (κ3) is 4.63. The number of aromatic nitrogens is 3. The van der Waals surface area contributed by atoms with Crippen molar-refractivity contribution in [3.8, 4) is 0 Å². The molecular weight excluding hydrogens is 329 g/mol. The van der Waals surface area contributed by atoms with Crippen molar-refractivity contribution in [1.29, 1.82) is 0 Å². The van der Waals surface area contributed by atoms with Crippen LogP contribution in [0.15, 0.2) is 49.2 Å².